The van der Waals surface area contributed by atoms with E-state index in [1.165, 1.54) is 31.0 Å². The zero-order valence-corrected chi connectivity index (χ0v) is 20.5. The third kappa shape index (κ3) is 4.53. The van der Waals surface area contributed by atoms with Gasteiger partial charge < -0.3 is 19.7 Å². The number of amides is 1. The van der Waals surface area contributed by atoms with Crippen LogP contribution < -0.4 is 5.32 Å². The molecule has 1 aromatic carbocycles. The van der Waals surface area contributed by atoms with E-state index in [4.69, 9.17) is 14.5 Å². The normalized spacial score (nSPS) is 27.4. The predicted octanol–water partition coefficient (Wildman–Crippen LogP) is 4.15. The molecule has 1 N–H and O–H groups in total. The summed E-state index contributed by atoms with van der Waals surface area (Å²) in [6.07, 6.45) is 5.15. The quantitative estimate of drug-likeness (QED) is 0.444. The maximum absolute atomic E-state index is 13.2. The van der Waals surface area contributed by atoms with Gasteiger partial charge in [0.15, 0.2) is 5.17 Å². The lowest BCUT2D eigenvalue weighted by Gasteiger charge is -2.36. The number of aliphatic imine (C=N–C) groups is 1. The van der Waals surface area contributed by atoms with E-state index in [0.29, 0.717) is 29.8 Å². The van der Waals surface area contributed by atoms with Gasteiger partial charge in [0.05, 0.1) is 30.3 Å². The van der Waals surface area contributed by atoms with E-state index in [9.17, 15) is 9.59 Å². The highest BCUT2D eigenvalue weighted by molar-refractivity contribution is 8.16. The number of carbonyl (C=O) groups is 2. The Balaban J connectivity index is 1.38. The Bertz CT molecular complexity index is 1050. The minimum Gasteiger partial charge on any atom is -0.460 e. The van der Waals surface area contributed by atoms with Gasteiger partial charge in [-0.25, -0.2) is 9.79 Å². The Morgan fingerprint density at radius 2 is 2.00 bits per heavy atom. The van der Waals surface area contributed by atoms with Gasteiger partial charge in [-0.05, 0) is 49.0 Å². The molecular formula is C26H31N3O4S. The second-order valence-electron chi connectivity index (χ2n) is 9.46. The van der Waals surface area contributed by atoms with Crippen LogP contribution in [-0.2, 0) is 19.1 Å². The first-order valence-corrected chi connectivity index (χ1v) is 12.9. The van der Waals surface area contributed by atoms with Crippen LogP contribution >= 0.6 is 11.8 Å². The number of thioether (sulfide) groups is 1. The summed E-state index contributed by atoms with van der Waals surface area (Å²) in [7, 11) is 1.57. The van der Waals surface area contributed by atoms with Crippen molar-refractivity contribution in [1.82, 2.24) is 10.2 Å². The first-order valence-electron chi connectivity index (χ1n) is 12.0. The Morgan fingerprint density at radius 1 is 1.18 bits per heavy atom. The molecule has 2 bridgehead atoms. The van der Waals surface area contributed by atoms with Gasteiger partial charge in [-0.2, -0.15) is 0 Å². The third-order valence-electron chi connectivity index (χ3n) is 7.28. The average Bonchev–Trinajstić information content (AvgIpc) is 3.55. The largest absolute Gasteiger partial charge is 0.460 e. The van der Waals surface area contributed by atoms with Crippen LogP contribution in [0.2, 0.25) is 0 Å². The lowest BCUT2D eigenvalue weighted by atomic mass is 9.93. The fraction of sp³-hybridized carbons (Fsp3) is 0.500. The summed E-state index contributed by atoms with van der Waals surface area (Å²) in [5.74, 6) is 1.03. The zero-order valence-electron chi connectivity index (χ0n) is 19.7. The van der Waals surface area contributed by atoms with Gasteiger partial charge in [0.2, 0.25) is 5.91 Å². The Kier molecular flexibility index (Phi) is 6.79. The minimum atomic E-state index is -0.408. The molecular weight excluding hydrogens is 450 g/mol. The maximum atomic E-state index is 13.2. The molecule has 34 heavy (non-hydrogen) atoms. The van der Waals surface area contributed by atoms with Gasteiger partial charge >= 0.3 is 5.97 Å². The van der Waals surface area contributed by atoms with Crippen LogP contribution in [0.1, 0.15) is 50.6 Å². The number of esters is 1. The van der Waals surface area contributed by atoms with Crippen LogP contribution in [0.15, 0.2) is 57.7 Å². The molecule has 8 heteroatoms. The molecule has 0 radical (unpaired) electrons. The van der Waals surface area contributed by atoms with Crippen LogP contribution in [0.5, 0.6) is 0 Å². The Morgan fingerprint density at radius 3 is 2.71 bits per heavy atom. The van der Waals surface area contributed by atoms with E-state index in [1.54, 1.807) is 7.11 Å². The first kappa shape index (κ1) is 23.2. The van der Waals surface area contributed by atoms with Crippen molar-refractivity contribution in [2.45, 2.75) is 51.1 Å². The summed E-state index contributed by atoms with van der Waals surface area (Å²) >= 11 is 1.50. The molecule has 4 atom stereocenters. The van der Waals surface area contributed by atoms with Crippen molar-refractivity contribution >= 4 is 28.8 Å². The molecule has 4 aliphatic rings. The number of fused-ring (bicyclic) bond motifs is 3. The van der Waals surface area contributed by atoms with Crippen molar-refractivity contribution in [3.8, 4) is 0 Å². The van der Waals surface area contributed by atoms with Crippen LogP contribution in [-0.4, -0.2) is 48.3 Å². The molecule has 1 amide bonds. The SMILES string of the molecule is COCCOC(=O)C1=C(C)N=C2SC=C(CC(=O)NC3CC4CCC3C4)N2C1c1ccccc1. The van der Waals surface area contributed by atoms with Crippen molar-refractivity contribution in [2.24, 2.45) is 16.8 Å². The number of amidine groups is 1. The number of ether oxygens (including phenoxy) is 2. The molecule has 1 aromatic rings. The highest BCUT2D eigenvalue weighted by atomic mass is 32.2. The van der Waals surface area contributed by atoms with Crippen LogP contribution in [0, 0.1) is 11.8 Å². The van der Waals surface area contributed by atoms with E-state index in [-0.39, 0.29) is 18.9 Å². The average molecular weight is 482 g/mol. The Labute approximate surface area is 204 Å². The summed E-state index contributed by atoms with van der Waals surface area (Å²) in [6.45, 7) is 2.34. The molecule has 2 aliphatic carbocycles. The molecule has 5 rings (SSSR count). The highest BCUT2D eigenvalue weighted by Gasteiger charge is 2.43. The predicted molar refractivity (Wildman–Crippen MR) is 132 cm³/mol. The van der Waals surface area contributed by atoms with E-state index >= 15 is 0 Å². The molecule has 2 saturated carbocycles. The molecule has 0 spiro atoms. The number of benzene rings is 1. The highest BCUT2D eigenvalue weighted by Crippen LogP contribution is 2.46. The molecule has 4 unspecified atom stereocenters. The van der Waals surface area contributed by atoms with E-state index in [1.807, 2.05) is 47.6 Å². The molecule has 0 aromatic heterocycles. The van der Waals surface area contributed by atoms with Crippen molar-refractivity contribution in [3.05, 3.63) is 58.3 Å². The monoisotopic (exact) mass is 481 g/mol. The van der Waals surface area contributed by atoms with E-state index in [2.05, 4.69) is 5.32 Å². The molecule has 0 saturated heterocycles. The van der Waals surface area contributed by atoms with E-state index < -0.39 is 12.0 Å². The van der Waals surface area contributed by atoms with Crippen molar-refractivity contribution in [2.75, 3.05) is 20.3 Å². The van der Waals surface area contributed by atoms with Gasteiger partial charge in [-0.1, -0.05) is 48.5 Å². The van der Waals surface area contributed by atoms with Crippen molar-refractivity contribution in [3.63, 3.8) is 0 Å². The number of carbonyl (C=O) groups excluding carboxylic acids is 2. The van der Waals surface area contributed by atoms with Gasteiger partial charge in [0.1, 0.15) is 6.61 Å². The molecule has 2 heterocycles. The van der Waals surface area contributed by atoms with Crippen molar-refractivity contribution in [1.29, 1.82) is 0 Å². The van der Waals surface area contributed by atoms with E-state index in [0.717, 1.165) is 28.8 Å². The first-order chi connectivity index (χ1) is 16.5. The smallest absolute Gasteiger partial charge is 0.338 e. The topological polar surface area (TPSA) is 80.2 Å². The summed E-state index contributed by atoms with van der Waals surface area (Å²) in [5, 5.41) is 6.06. The summed E-state index contributed by atoms with van der Waals surface area (Å²) in [5.41, 5.74) is 2.94. The van der Waals surface area contributed by atoms with Gasteiger partial charge in [-0.3, -0.25) is 4.79 Å². The number of hydrogen-bond acceptors (Lipinski definition) is 7. The molecule has 7 nitrogen and oxygen atoms in total. The number of hydrogen-bond donors (Lipinski definition) is 1. The summed E-state index contributed by atoms with van der Waals surface area (Å²) < 4.78 is 10.5. The number of nitrogens with one attached hydrogen (secondary N) is 1. The molecule has 2 fully saturated rings. The van der Waals surface area contributed by atoms with Crippen molar-refractivity contribution < 1.29 is 19.1 Å². The molecule has 2 aliphatic heterocycles. The summed E-state index contributed by atoms with van der Waals surface area (Å²) in [4.78, 5) is 32.9. The number of rotatable bonds is 8. The number of nitrogens with zero attached hydrogens (tertiary/aromatic N) is 2. The molecule has 180 valence electrons. The minimum absolute atomic E-state index is 0.0351. The maximum Gasteiger partial charge on any atom is 0.338 e. The fourth-order valence-electron chi connectivity index (χ4n) is 5.72. The van der Waals surface area contributed by atoms with Crippen LogP contribution in [0.25, 0.3) is 0 Å². The zero-order chi connectivity index (χ0) is 23.7. The van der Waals surface area contributed by atoms with Crippen LogP contribution in [0.3, 0.4) is 0 Å². The second kappa shape index (κ2) is 9.96. The lowest BCUT2D eigenvalue weighted by Crippen LogP contribution is -2.41. The van der Waals surface area contributed by atoms with Gasteiger partial charge in [0.25, 0.3) is 0 Å². The van der Waals surface area contributed by atoms with Gasteiger partial charge in [0, 0.05) is 18.8 Å². The second-order valence-corrected chi connectivity index (χ2v) is 10.3. The third-order valence-corrected chi connectivity index (χ3v) is 8.17. The standard InChI is InChI=1S/C26H31N3O4S/c1-16-23(25(31)33-11-10-32-2)24(18-6-4-3-5-7-18)29-20(15-34-26(29)27-16)14-22(30)28-21-13-17-8-9-19(21)12-17/h3-7,15,17,19,21,24H,8-14H2,1-2H3,(H,28,30). The Hall–Kier alpha value is -2.58. The number of allylic oxidation sites excluding steroid dienone is 1. The lowest BCUT2D eigenvalue weighted by molar-refractivity contribution is -0.141. The number of methoxy groups -OCH3 is 1. The van der Waals surface area contributed by atoms with Crippen LogP contribution in [0.4, 0.5) is 0 Å². The summed E-state index contributed by atoms with van der Waals surface area (Å²) in [6, 6.07) is 9.76. The van der Waals surface area contributed by atoms with Gasteiger partial charge in [-0.15, -0.1) is 0 Å². The fourth-order valence-corrected chi connectivity index (χ4v) is 6.68.